The van der Waals surface area contributed by atoms with E-state index in [2.05, 4.69) is 0 Å². The van der Waals surface area contributed by atoms with Crippen molar-refractivity contribution in [3.63, 3.8) is 0 Å². The quantitative estimate of drug-likeness (QED) is 0.464. The lowest BCUT2D eigenvalue weighted by Crippen LogP contribution is -2.29. The number of anilines is 1. The topological polar surface area (TPSA) is 63.7 Å². The number of Topliss-reactive ketones (excluding diaryl/α,β-unsaturated/α-hetero) is 1. The summed E-state index contributed by atoms with van der Waals surface area (Å²) in [6, 6.07) is 14.2. The fourth-order valence-corrected chi connectivity index (χ4v) is 3.42. The van der Waals surface area contributed by atoms with Crippen molar-refractivity contribution in [2.45, 2.75) is 26.4 Å². The Bertz CT molecular complexity index is 1050. The number of ether oxygens (including phenoxy) is 1. The number of hydrogen-bond donors (Lipinski definition) is 0. The fraction of sp³-hybridized carbons (Fsp3) is 0.174. The van der Waals surface area contributed by atoms with Crippen LogP contribution in [0.15, 0.2) is 65.8 Å². The van der Waals surface area contributed by atoms with Gasteiger partial charge in [0.25, 0.3) is 5.91 Å². The molecule has 0 unspecified atom stereocenters. The van der Waals surface area contributed by atoms with Gasteiger partial charge in [0.2, 0.25) is 5.91 Å². The first kappa shape index (κ1) is 17.9. The third kappa shape index (κ3) is 3.16. The van der Waals surface area contributed by atoms with Gasteiger partial charge in [-0.25, -0.2) is 4.90 Å². The number of carbonyl (C=O) groups excluding carboxylic acids is 3. The van der Waals surface area contributed by atoms with Gasteiger partial charge < -0.3 is 4.74 Å². The van der Waals surface area contributed by atoms with E-state index in [0.717, 1.165) is 16.9 Å². The number of nitrogens with zero attached hydrogens (tertiary/aromatic N) is 1. The van der Waals surface area contributed by atoms with E-state index in [-0.39, 0.29) is 30.1 Å². The molecule has 1 fully saturated rings. The molecule has 0 aromatic heterocycles. The van der Waals surface area contributed by atoms with Gasteiger partial charge in [-0.1, -0.05) is 18.2 Å². The molecule has 28 heavy (non-hydrogen) atoms. The summed E-state index contributed by atoms with van der Waals surface area (Å²) in [7, 11) is 0. The summed E-state index contributed by atoms with van der Waals surface area (Å²) >= 11 is 0. The minimum atomic E-state index is -0.340. The normalized spacial score (nSPS) is 20.1. The summed E-state index contributed by atoms with van der Waals surface area (Å²) in [5.41, 5.74) is 3.23. The SMILES string of the molecule is CC(=O)c1ccc(N2C(=O)C/C(=C\C3=Cc4ccccc4O[C@@H]3C)C2=O)cc1. The van der Waals surface area contributed by atoms with Gasteiger partial charge >= 0.3 is 0 Å². The molecule has 0 saturated carbocycles. The van der Waals surface area contributed by atoms with E-state index >= 15 is 0 Å². The molecule has 0 N–H and O–H groups in total. The molecule has 5 nitrogen and oxygen atoms in total. The summed E-state index contributed by atoms with van der Waals surface area (Å²) in [4.78, 5) is 37.9. The minimum Gasteiger partial charge on any atom is -0.485 e. The molecule has 1 atom stereocenters. The van der Waals surface area contributed by atoms with Gasteiger partial charge in [-0.05, 0) is 61.9 Å². The molecule has 2 aromatic carbocycles. The molecule has 2 heterocycles. The van der Waals surface area contributed by atoms with Crippen LogP contribution in [0.2, 0.25) is 0 Å². The number of fused-ring (bicyclic) bond motifs is 1. The van der Waals surface area contributed by atoms with Crippen molar-refractivity contribution in [3.8, 4) is 5.75 Å². The highest BCUT2D eigenvalue weighted by molar-refractivity contribution is 6.28. The lowest BCUT2D eigenvalue weighted by Gasteiger charge is -2.23. The standard InChI is InChI=1S/C23H19NO4/c1-14(25)16-7-9-20(10-8-16)24-22(26)13-19(23(24)27)12-18-11-17-5-3-4-6-21(17)28-15(18)2/h3-12,15H,13H2,1-2H3/b19-12+/t15-/m1/s1. The zero-order chi connectivity index (χ0) is 19.8. The molecule has 2 aromatic rings. The largest absolute Gasteiger partial charge is 0.485 e. The molecule has 2 amide bonds. The van der Waals surface area contributed by atoms with E-state index in [1.807, 2.05) is 37.3 Å². The van der Waals surface area contributed by atoms with Gasteiger partial charge in [-0.15, -0.1) is 0 Å². The Kier molecular flexibility index (Phi) is 4.43. The number of ketones is 1. The van der Waals surface area contributed by atoms with E-state index in [1.165, 1.54) is 11.8 Å². The van der Waals surface area contributed by atoms with Crippen LogP contribution in [0, 0.1) is 0 Å². The second-order valence-corrected chi connectivity index (χ2v) is 6.93. The van der Waals surface area contributed by atoms with E-state index < -0.39 is 0 Å². The van der Waals surface area contributed by atoms with Crippen molar-refractivity contribution in [1.29, 1.82) is 0 Å². The second-order valence-electron chi connectivity index (χ2n) is 6.93. The zero-order valence-electron chi connectivity index (χ0n) is 15.6. The molecule has 2 aliphatic rings. The van der Waals surface area contributed by atoms with Crippen LogP contribution < -0.4 is 9.64 Å². The second kappa shape index (κ2) is 6.93. The van der Waals surface area contributed by atoms with Gasteiger partial charge in [0.15, 0.2) is 5.78 Å². The van der Waals surface area contributed by atoms with Crippen molar-refractivity contribution in [2.24, 2.45) is 0 Å². The Morgan fingerprint density at radius 1 is 1.11 bits per heavy atom. The van der Waals surface area contributed by atoms with Crippen LogP contribution in [0.25, 0.3) is 6.08 Å². The third-order valence-corrected chi connectivity index (χ3v) is 4.96. The molecule has 0 radical (unpaired) electrons. The summed E-state index contributed by atoms with van der Waals surface area (Å²) in [6.07, 6.45) is 3.57. The van der Waals surface area contributed by atoms with E-state index in [0.29, 0.717) is 16.8 Å². The van der Waals surface area contributed by atoms with Crippen LogP contribution in [0.1, 0.15) is 36.2 Å². The Morgan fingerprint density at radius 3 is 2.54 bits per heavy atom. The highest BCUT2D eigenvalue weighted by Crippen LogP contribution is 2.32. The first-order chi connectivity index (χ1) is 13.4. The van der Waals surface area contributed by atoms with Gasteiger partial charge in [-0.2, -0.15) is 0 Å². The van der Waals surface area contributed by atoms with Crippen LogP contribution in [0.3, 0.4) is 0 Å². The van der Waals surface area contributed by atoms with Crippen LogP contribution in [0.5, 0.6) is 5.75 Å². The number of imide groups is 1. The van der Waals surface area contributed by atoms with E-state index in [1.54, 1.807) is 30.3 Å². The number of amides is 2. The maximum Gasteiger partial charge on any atom is 0.261 e. The predicted molar refractivity (Wildman–Crippen MR) is 106 cm³/mol. The Hall–Kier alpha value is -3.47. The first-order valence-corrected chi connectivity index (χ1v) is 9.10. The molecule has 5 heteroatoms. The third-order valence-electron chi connectivity index (χ3n) is 4.96. The zero-order valence-corrected chi connectivity index (χ0v) is 15.6. The van der Waals surface area contributed by atoms with Crippen molar-refractivity contribution in [2.75, 3.05) is 4.90 Å². The Labute approximate surface area is 162 Å². The fourth-order valence-electron chi connectivity index (χ4n) is 3.42. The highest BCUT2D eigenvalue weighted by atomic mass is 16.5. The summed E-state index contributed by atoms with van der Waals surface area (Å²) in [6.45, 7) is 3.39. The molecular weight excluding hydrogens is 354 g/mol. The lowest BCUT2D eigenvalue weighted by molar-refractivity contribution is -0.120. The predicted octanol–water partition coefficient (Wildman–Crippen LogP) is 3.94. The highest BCUT2D eigenvalue weighted by Gasteiger charge is 2.35. The lowest BCUT2D eigenvalue weighted by atomic mass is 10.00. The average molecular weight is 373 g/mol. The molecule has 4 rings (SSSR count). The van der Waals surface area contributed by atoms with E-state index in [4.69, 9.17) is 4.74 Å². The molecule has 140 valence electrons. The summed E-state index contributed by atoms with van der Waals surface area (Å²) < 4.78 is 5.91. The first-order valence-electron chi connectivity index (χ1n) is 9.10. The van der Waals surface area contributed by atoms with Crippen molar-refractivity contribution in [1.82, 2.24) is 0 Å². The molecule has 2 aliphatic heterocycles. The molecule has 0 aliphatic carbocycles. The van der Waals surface area contributed by atoms with Crippen LogP contribution in [0.4, 0.5) is 5.69 Å². The van der Waals surface area contributed by atoms with Gasteiger partial charge in [0.1, 0.15) is 11.9 Å². The summed E-state index contributed by atoms with van der Waals surface area (Å²) in [5.74, 6) is 0.118. The molecule has 0 bridgehead atoms. The van der Waals surface area contributed by atoms with Crippen LogP contribution in [-0.2, 0) is 9.59 Å². The minimum absolute atomic E-state index is 0.0407. The van der Waals surface area contributed by atoms with Crippen molar-refractivity contribution < 1.29 is 19.1 Å². The van der Waals surface area contributed by atoms with Crippen molar-refractivity contribution >= 4 is 29.4 Å². The average Bonchev–Trinajstić information content (AvgIpc) is 2.95. The number of para-hydroxylation sites is 1. The maximum absolute atomic E-state index is 12.9. The molecule has 0 spiro atoms. The number of hydrogen-bond acceptors (Lipinski definition) is 4. The van der Waals surface area contributed by atoms with Crippen LogP contribution in [-0.4, -0.2) is 23.7 Å². The molecular formula is C23H19NO4. The van der Waals surface area contributed by atoms with Gasteiger partial charge in [0.05, 0.1) is 12.1 Å². The Balaban J connectivity index is 1.64. The van der Waals surface area contributed by atoms with Gasteiger partial charge in [0, 0.05) is 16.7 Å². The number of rotatable bonds is 3. The van der Waals surface area contributed by atoms with E-state index in [9.17, 15) is 14.4 Å². The molecule has 1 saturated heterocycles. The maximum atomic E-state index is 12.9. The Morgan fingerprint density at radius 2 is 1.82 bits per heavy atom. The van der Waals surface area contributed by atoms with Crippen LogP contribution >= 0.6 is 0 Å². The summed E-state index contributed by atoms with van der Waals surface area (Å²) in [5, 5.41) is 0. The smallest absolute Gasteiger partial charge is 0.261 e. The number of benzene rings is 2. The monoisotopic (exact) mass is 373 g/mol. The number of carbonyl (C=O) groups is 3. The van der Waals surface area contributed by atoms with Crippen molar-refractivity contribution in [3.05, 3.63) is 76.9 Å². The van der Waals surface area contributed by atoms with Gasteiger partial charge in [-0.3, -0.25) is 14.4 Å².